The summed E-state index contributed by atoms with van der Waals surface area (Å²) in [6, 6.07) is 48.1. The van der Waals surface area contributed by atoms with Crippen molar-refractivity contribution in [3.05, 3.63) is 221 Å². The lowest BCUT2D eigenvalue weighted by molar-refractivity contribution is -0.149. The molecule has 14 N–H and O–H groups in total. The van der Waals surface area contributed by atoms with E-state index in [0.29, 0.717) is 53.3 Å². The molecule has 4 saturated carbocycles. The second-order valence-electron chi connectivity index (χ2n) is 29.3. The van der Waals surface area contributed by atoms with Crippen molar-refractivity contribution in [1.82, 2.24) is 31.9 Å². The molecule has 0 saturated heterocycles. The van der Waals surface area contributed by atoms with Gasteiger partial charge in [-0.3, -0.25) is 68.5 Å². The Balaban J connectivity index is 0.000000167. The Morgan fingerprint density at radius 2 is 0.941 bits per heavy atom. The fourth-order valence-electron chi connectivity index (χ4n) is 14.6. The molecule has 620 valence electrons. The number of pyridine rings is 2. The number of rotatable bonds is 30. The highest BCUT2D eigenvalue weighted by molar-refractivity contribution is 7.92. The summed E-state index contributed by atoms with van der Waals surface area (Å²) in [5, 5.41) is 37.1. The van der Waals surface area contributed by atoms with E-state index in [2.05, 4.69) is 21.8 Å². The summed E-state index contributed by atoms with van der Waals surface area (Å²) in [7, 11) is 4.14. The van der Waals surface area contributed by atoms with E-state index in [4.69, 9.17) is 61.7 Å². The van der Waals surface area contributed by atoms with Crippen molar-refractivity contribution < 1.29 is 100 Å². The highest BCUT2D eigenvalue weighted by Crippen LogP contribution is 2.58. The van der Waals surface area contributed by atoms with Gasteiger partial charge in [0.2, 0.25) is 41.4 Å². The largest absolute Gasteiger partial charge is 0.497 e. The fourth-order valence-corrected chi connectivity index (χ4v) is 15.8. The van der Waals surface area contributed by atoms with Crippen molar-refractivity contribution >= 4 is 90.7 Å². The molecule has 33 heteroatoms. The van der Waals surface area contributed by atoms with E-state index in [1.54, 1.807) is 89.5 Å². The summed E-state index contributed by atoms with van der Waals surface area (Å²) in [6.45, 7) is 4.40. The van der Waals surface area contributed by atoms with Crippen LogP contribution in [0.1, 0.15) is 78.6 Å². The number of fused-ring (bicyclic) bond motifs is 2. The molecule has 13 rings (SSSR count). The number of carbonyl (C=O) groups is 8. The van der Waals surface area contributed by atoms with Crippen molar-refractivity contribution in [2.24, 2.45) is 62.5 Å². The minimum absolute atomic E-state index is 0.0691. The maximum absolute atomic E-state index is 14.8. The topological polar surface area (TPSA) is 456 Å². The third kappa shape index (κ3) is 19.6. The number of sulfonamides is 1. The number of carbonyl (C=O) groups excluding carboxylic acids is 8. The third-order valence-electron chi connectivity index (χ3n) is 21.8. The van der Waals surface area contributed by atoms with Crippen LogP contribution in [0, 0.1) is 68.8 Å². The number of esters is 1. The van der Waals surface area contributed by atoms with Crippen LogP contribution in [-0.2, 0) is 98.4 Å². The monoisotopic (exact) mass is 1640 g/mol. The van der Waals surface area contributed by atoms with Crippen LogP contribution in [0.2, 0.25) is 0 Å². The highest BCUT2D eigenvalue weighted by atomic mass is 32.2. The number of nitrogens with one attached hydrogen (secondary N) is 4. The number of aromatic nitrogens is 2. The van der Waals surface area contributed by atoms with Crippen LogP contribution >= 0.6 is 0 Å². The van der Waals surface area contributed by atoms with Gasteiger partial charge in [-0.1, -0.05) is 85.6 Å². The second kappa shape index (κ2) is 37.4. The van der Waals surface area contributed by atoms with Crippen LogP contribution in [-0.4, -0.2) is 129 Å². The fraction of sp³-hybridized carbons (Fsp3) is 0.318. The number of methoxy groups -OCH3 is 2. The predicted molar refractivity (Wildman–Crippen MR) is 425 cm³/mol. The van der Waals surface area contributed by atoms with Crippen molar-refractivity contribution in [1.29, 1.82) is 0 Å². The zero-order valence-corrected chi connectivity index (χ0v) is 66.4. The number of ether oxygens (including phenoxy) is 5. The van der Waals surface area contributed by atoms with Gasteiger partial charge in [0.05, 0.1) is 81.2 Å². The molecule has 4 aliphatic rings. The molecule has 1 unspecified atom stereocenters. The van der Waals surface area contributed by atoms with E-state index in [1.165, 1.54) is 57.7 Å². The van der Waals surface area contributed by atoms with Gasteiger partial charge in [0.1, 0.15) is 37.1 Å². The summed E-state index contributed by atoms with van der Waals surface area (Å²) in [4.78, 5) is 106. The molecule has 0 radical (unpaired) electrons. The molecule has 0 bridgehead atoms. The lowest BCUT2D eigenvalue weighted by atomic mass is 9.92. The van der Waals surface area contributed by atoms with Gasteiger partial charge < -0.3 is 45.8 Å². The predicted octanol–water partition coefficient (Wildman–Crippen LogP) is 7.99. The number of hydroxylamine groups is 4. The van der Waals surface area contributed by atoms with Crippen molar-refractivity contribution in [2.45, 2.75) is 89.7 Å². The van der Waals surface area contributed by atoms with Crippen LogP contribution in [0.5, 0.6) is 23.0 Å². The number of hydrogen-bond donors (Lipinski definition) is 11. The van der Waals surface area contributed by atoms with Crippen LogP contribution < -0.4 is 67.3 Å². The molecule has 2 aromatic heterocycles. The first-order valence-electron chi connectivity index (χ1n) is 37.2. The van der Waals surface area contributed by atoms with Crippen LogP contribution in [0.25, 0.3) is 21.8 Å². The Labute approximate surface area is 678 Å². The van der Waals surface area contributed by atoms with E-state index in [0.717, 1.165) is 60.7 Å². The number of anilines is 2. The maximum atomic E-state index is 14.8. The number of halogens is 2. The first-order chi connectivity index (χ1) is 56.3. The van der Waals surface area contributed by atoms with Gasteiger partial charge in [-0.15, -0.1) is 5.92 Å². The van der Waals surface area contributed by atoms with Gasteiger partial charge in [-0.05, 0) is 184 Å². The number of amides is 7. The standard InChI is InChI=1S/C24H25FN4O4.C24H24FN3O4.C21H24N2O7S.C16H18N2O4/c1-29(2)21-10-15(16-5-3-4-6-19(16)27-21)13-33-20-8-7-14(9-18(20)25)11-24(23(26)31)12-17(24)22(30)28-32;1-2-16-10-15(17-5-3-4-6-20(17)27-16)13-32-21-8-7-14(9-19(21)25)11-24(23(26)30)12-18(24)22(29)28-31;1-23(31(27,28)17-9-7-16(29-2)8-10-17)15-6-4-5-14(11-15)12-21(20(25)30-3)13-18(21)19(24)22-26;1-2-3-8-22-12-6-4-11(5-7-12)9-16(15(17)20)10-13(16)14(19)18-21/h3-10,17,32H,11-13H2,1-2H3,(H2,26,31)(H,28,30);3-10,18,31H,2,11-13H2,1H3,(H2,26,30)(H,28,29);4-11,18,26H,12-13H2,1-3H3,(H,22,24);4-7,13,21H,8-10H2,1H3,(H2,17,20)(H,18,19)/t17-,24+;18-,24+;18-,21+;13?,16-/m1110/s1. The molecule has 4 aliphatic carbocycles. The Morgan fingerprint density at radius 3 is 1.38 bits per heavy atom. The number of benzene rings is 7. The number of para-hydroxylation sites is 2. The summed E-state index contributed by atoms with van der Waals surface area (Å²) in [5.41, 5.74) is 25.8. The average Bonchev–Trinajstić information content (AvgIpc) is 1.59. The minimum atomic E-state index is -3.82. The van der Waals surface area contributed by atoms with Crippen molar-refractivity contribution in [2.75, 3.05) is 51.2 Å². The maximum Gasteiger partial charge on any atom is 0.312 e. The lowest BCUT2D eigenvalue weighted by Crippen LogP contribution is -2.33. The van der Waals surface area contributed by atoms with Crippen molar-refractivity contribution in [3.8, 4) is 34.8 Å². The molecule has 30 nitrogen and oxygen atoms in total. The Kier molecular flexibility index (Phi) is 27.7. The van der Waals surface area contributed by atoms with Gasteiger partial charge in [0.25, 0.3) is 10.0 Å². The summed E-state index contributed by atoms with van der Waals surface area (Å²) >= 11 is 0. The van der Waals surface area contributed by atoms with E-state index in [9.17, 15) is 55.6 Å². The van der Waals surface area contributed by atoms with Gasteiger partial charge in [-0.2, -0.15) is 0 Å². The van der Waals surface area contributed by atoms with E-state index >= 15 is 0 Å². The van der Waals surface area contributed by atoms with Crippen LogP contribution in [0.4, 0.5) is 20.3 Å². The van der Waals surface area contributed by atoms with Gasteiger partial charge in [0.15, 0.2) is 23.1 Å². The molecular weight excluding hydrogens is 1550 g/mol. The van der Waals surface area contributed by atoms with Crippen molar-refractivity contribution in [3.63, 3.8) is 0 Å². The molecule has 7 amide bonds. The molecule has 118 heavy (non-hydrogen) atoms. The van der Waals surface area contributed by atoms with Gasteiger partial charge in [0, 0.05) is 48.7 Å². The first-order valence-corrected chi connectivity index (χ1v) is 38.6. The zero-order valence-electron chi connectivity index (χ0n) is 65.6. The Hall–Kier alpha value is -12.9. The highest BCUT2D eigenvalue weighted by Gasteiger charge is 2.66. The van der Waals surface area contributed by atoms with Gasteiger partial charge >= 0.3 is 5.97 Å². The SMILES string of the molecule is CC#CCOc1ccc(C[C@]2(C(N)=O)CC2C(=O)NO)cc1.CCc1cc(COc2ccc(C[C@]3(C(N)=O)C[C@@H]3C(=O)NO)cc2F)c2ccccc2n1.CN(C)c1cc(COc2ccc(C[C@]3(C(N)=O)C[C@@H]3C(=O)NO)cc2F)c2ccccc2n1.COC(=O)[C@@]1(Cc2cccc(N(C)S(=O)(=O)c3ccc(OC)cc3)c2)C[C@@H]1C(=O)NO. The molecule has 8 atom stereocenters. The second-order valence-corrected chi connectivity index (χ2v) is 31.3. The normalized spacial score (nSPS) is 20.0. The number of hydrogen-bond acceptors (Lipinski definition) is 22. The summed E-state index contributed by atoms with van der Waals surface area (Å²) < 4.78 is 83.6. The van der Waals surface area contributed by atoms with E-state index in [-0.39, 0.29) is 68.1 Å². The van der Waals surface area contributed by atoms with E-state index in [1.807, 2.05) is 98.7 Å². The molecule has 0 aliphatic heterocycles. The number of aryl methyl sites for hydroxylation is 1. The number of nitrogens with two attached hydrogens (primary N) is 3. The van der Waals surface area contributed by atoms with Gasteiger partial charge in [-0.25, -0.2) is 44.1 Å². The summed E-state index contributed by atoms with van der Waals surface area (Å²) in [5.74, 6) is -1.16. The molecular formula is C85H91F2N11O19S. The quantitative estimate of drug-likeness (QED) is 0.00879. The minimum Gasteiger partial charge on any atom is -0.497 e. The van der Waals surface area contributed by atoms with Crippen LogP contribution in [0.3, 0.4) is 0 Å². The lowest BCUT2D eigenvalue weighted by Gasteiger charge is -2.21. The summed E-state index contributed by atoms with van der Waals surface area (Å²) in [6.07, 6.45) is 2.50. The average molecular weight is 1640 g/mol. The first kappa shape index (κ1) is 87.5. The molecule has 9 aromatic rings. The van der Waals surface area contributed by atoms with E-state index < -0.39 is 114 Å². The molecule has 0 spiro atoms. The third-order valence-corrected chi connectivity index (χ3v) is 23.6. The Bertz CT molecular complexity index is 5470. The smallest absolute Gasteiger partial charge is 0.312 e. The molecule has 4 fully saturated rings. The zero-order chi connectivity index (χ0) is 85.6. The number of primary amides is 3. The number of nitrogens with zero attached hydrogens (tertiary/aromatic N) is 4. The van der Waals surface area contributed by atoms with Crippen LogP contribution in [0.15, 0.2) is 175 Å². The molecule has 2 heterocycles. The Morgan fingerprint density at radius 1 is 0.517 bits per heavy atom. The molecule has 7 aromatic carbocycles.